The quantitative estimate of drug-likeness (QED) is 0.718. The molecular formula is C9H14IrO+2. The molecule has 1 nitrogen and oxygen atoms in total. The Morgan fingerprint density at radius 1 is 1.36 bits per heavy atom. The molecule has 0 aromatic carbocycles. The molecule has 1 aliphatic rings. The van der Waals surface area contributed by atoms with Gasteiger partial charge in [-0.25, -0.2) is 0 Å². The van der Waals surface area contributed by atoms with E-state index in [4.69, 9.17) is 4.74 Å². The van der Waals surface area contributed by atoms with Crippen LogP contribution in [-0.4, -0.2) is 7.11 Å². The van der Waals surface area contributed by atoms with Gasteiger partial charge in [0.25, 0.3) is 0 Å². The summed E-state index contributed by atoms with van der Waals surface area (Å²) in [5.41, 5.74) is 0. The van der Waals surface area contributed by atoms with E-state index in [0.29, 0.717) is 0 Å². The molecule has 0 aromatic rings. The Balaban J connectivity index is 0.000001000. The van der Waals surface area contributed by atoms with E-state index in [0.717, 1.165) is 12.2 Å². The van der Waals surface area contributed by atoms with Crippen molar-refractivity contribution in [2.24, 2.45) is 0 Å². The summed E-state index contributed by atoms with van der Waals surface area (Å²) in [6.45, 7) is 0. The van der Waals surface area contributed by atoms with Crippen LogP contribution in [-0.2, 0) is 24.8 Å². The molecule has 1 aliphatic carbocycles. The van der Waals surface area contributed by atoms with Gasteiger partial charge < -0.3 is 4.74 Å². The van der Waals surface area contributed by atoms with E-state index >= 15 is 0 Å². The first-order chi connectivity index (χ1) is 4.93. The number of rotatable bonds is 1. The van der Waals surface area contributed by atoms with Crippen LogP contribution in [0.4, 0.5) is 0 Å². The molecule has 1 radical (unpaired) electrons. The summed E-state index contributed by atoms with van der Waals surface area (Å²) in [6, 6.07) is 0. The molecule has 0 saturated carbocycles. The Labute approximate surface area is 81.9 Å². The van der Waals surface area contributed by atoms with Gasteiger partial charge in [0.15, 0.2) is 0 Å². The standard InChI is InChI=1S/C9H14O.Ir/c1-10-9-7-5-3-2-4-6-8-9;/h3,5,7H,2,4,6,8H2,1H3;/q;+2. The zero-order valence-electron chi connectivity index (χ0n) is 6.80. The van der Waals surface area contributed by atoms with Crippen LogP contribution in [0.1, 0.15) is 25.7 Å². The molecule has 63 valence electrons. The fourth-order valence-corrected chi connectivity index (χ4v) is 1.09. The molecule has 0 aliphatic heterocycles. The molecular weight excluding hydrogens is 316 g/mol. The van der Waals surface area contributed by atoms with E-state index in [1.54, 1.807) is 7.11 Å². The average molecular weight is 330 g/mol. The molecule has 0 atom stereocenters. The van der Waals surface area contributed by atoms with E-state index < -0.39 is 0 Å². The van der Waals surface area contributed by atoms with Gasteiger partial charge in [-0.15, -0.1) is 0 Å². The topological polar surface area (TPSA) is 9.23 Å². The van der Waals surface area contributed by atoms with Crippen LogP contribution < -0.4 is 0 Å². The molecule has 0 bridgehead atoms. The van der Waals surface area contributed by atoms with Gasteiger partial charge in [-0.3, -0.25) is 0 Å². The molecule has 0 spiro atoms. The largest absolute Gasteiger partial charge is 2.00 e. The first-order valence-corrected chi connectivity index (χ1v) is 3.83. The van der Waals surface area contributed by atoms with Gasteiger partial charge in [-0.2, -0.15) is 0 Å². The second-order valence-electron chi connectivity index (χ2n) is 2.51. The molecule has 0 amide bonds. The first kappa shape index (κ1) is 10.9. The minimum Gasteiger partial charge on any atom is -0.501 e. The monoisotopic (exact) mass is 331 g/mol. The third-order valence-corrected chi connectivity index (χ3v) is 1.72. The third-order valence-electron chi connectivity index (χ3n) is 1.72. The van der Waals surface area contributed by atoms with Crippen LogP contribution in [0.5, 0.6) is 0 Å². The summed E-state index contributed by atoms with van der Waals surface area (Å²) in [7, 11) is 1.74. The second kappa shape index (κ2) is 6.63. The Morgan fingerprint density at radius 3 is 2.91 bits per heavy atom. The average Bonchev–Trinajstić information content (AvgIpc) is 1.87. The van der Waals surface area contributed by atoms with E-state index in [1.807, 2.05) is 0 Å². The number of ether oxygens (including phenoxy) is 1. The smallest absolute Gasteiger partial charge is 0.501 e. The summed E-state index contributed by atoms with van der Waals surface area (Å²) in [6.07, 6.45) is 11.2. The fourth-order valence-electron chi connectivity index (χ4n) is 1.09. The third kappa shape index (κ3) is 4.39. The van der Waals surface area contributed by atoms with E-state index in [-0.39, 0.29) is 20.1 Å². The molecule has 0 heterocycles. The number of allylic oxidation sites excluding steroid dienone is 4. The number of hydrogen-bond acceptors (Lipinski definition) is 1. The molecule has 0 unspecified atom stereocenters. The van der Waals surface area contributed by atoms with Crippen LogP contribution >= 0.6 is 0 Å². The maximum Gasteiger partial charge on any atom is 2.00 e. The van der Waals surface area contributed by atoms with Gasteiger partial charge in [0.05, 0.1) is 12.9 Å². The number of methoxy groups -OCH3 is 1. The van der Waals surface area contributed by atoms with Crippen molar-refractivity contribution in [1.29, 1.82) is 0 Å². The van der Waals surface area contributed by atoms with E-state index in [2.05, 4.69) is 18.2 Å². The van der Waals surface area contributed by atoms with Gasteiger partial charge in [-0.05, 0) is 25.3 Å². The molecule has 0 aromatic heterocycles. The molecule has 1 rings (SSSR count). The summed E-state index contributed by atoms with van der Waals surface area (Å²) >= 11 is 0. The van der Waals surface area contributed by atoms with Crippen LogP contribution in [0.3, 0.4) is 0 Å². The zero-order valence-corrected chi connectivity index (χ0v) is 9.20. The van der Waals surface area contributed by atoms with Crippen LogP contribution in [0, 0.1) is 0 Å². The van der Waals surface area contributed by atoms with Crippen molar-refractivity contribution in [2.45, 2.75) is 25.7 Å². The Hall–Kier alpha value is -0.0706. The summed E-state index contributed by atoms with van der Waals surface area (Å²) < 4.78 is 5.14. The predicted molar refractivity (Wildman–Crippen MR) is 42.7 cm³/mol. The van der Waals surface area contributed by atoms with Crippen LogP contribution in [0.15, 0.2) is 24.0 Å². The Morgan fingerprint density at radius 2 is 2.18 bits per heavy atom. The van der Waals surface area contributed by atoms with Crippen molar-refractivity contribution in [3.63, 3.8) is 0 Å². The van der Waals surface area contributed by atoms with Gasteiger partial charge in [0, 0.05) is 6.42 Å². The Kier molecular flexibility index (Phi) is 6.59. The summed E-state index contributed by atoms with van der Waals surface area (Å²) in [5.74, 6) is 1.11. The van der Waals surface area contributed by atoms with Crippen molar-refractivity contribution < 1.29 is 24.8 Å². The zero-order chi connectivity index (χ0) is 7.23. The predicted octanol–water partition coefficient (Wildman–Crippen LogP) is 2.64. The molecule has 11 heavy (non-hydrogen) atoms. The normalized spacial score (nSPS) is 17.4. The second-order valence-corrected chi connectivity index (χ2v) is 2.51. The molecule has 2 heteroatoms. The van der Waals surface area contributed by atoms with Gasteiger partial charge in [0.2, 0.25) is 0 Å². The van der Waals surface area contributed by atoms with Gasteiger partial charge >= 0.3 is 20.1 Å². The number of hydrogen-bond donors (Lipinski definition) is 0. The Bertz CT molecular complexity index is 150. The van der Waals surface area contributed by atoms with E-state index in [1.165, 1.54) is 19.3 Å². The van der Waals surface area contributed by atoms with Gasteiger partial charge in [0.1, 0.15) is 0 Å². The van der Waals surface area contributed by atoms with Crippen LogP contribution in [0.25, 0.3) is 0 Å². The van der Waals surface area contributed by atoms with Crippen molar-refractivity contribution in [3.05, 3.63) is 24.0 Å². The van der Waals surface area contributed by atoms with Crippen LogP contribution in [0.2, 0.25) is 0 Å². The summed E-state index contributed by atoms with van der Waals surface area (Å²) in [5, 5.41) is 0. The minimum atomic E-state index is 0. The summed E-state index contributed by atoms with van der Waals surface area (Å²) in [4.78, 5) is 0. The van der Waals surface area contributed by atoms with Crippen molar-refractivity contribution in [3.8, 4) is 0 Å². The van der Waals surface area contributed by atoms with Crippen molar-refractivity contribution >= 4 is 0 Å². The maximum atomic E-state index is 5.14. The molecule has 0 saturated heterocycles. The first-order valence-electron chi connectivity index (χ1n) is 3.83. The molecule has 0 N–H and O–H groups in total. The minimum absolute atomic E-state index is 0. The van der Waals surface area contributed by atoms with Crippen molar-refractivity contribution in [1.82, 2.24) is 0 Å². The maximum absolute atomic E-state index is 5.14. The van der Waals surface area contributed by atoms with E-state index in [9.17, 15) is 0 Å². The SMILES string of the molecule is COC1=CC=CCCCC1.[Ir+2]. The van der Waals surface area contributed by atoms with Gasteiger partial charge in [-0.1, -0.05) is 12.2 Å². The van der Waals surface area contributed by atoms with Crippen molar-refractivity contribution in [2.75, 3.05) is 7.11 Å². The molecule has 0 fully saturated rings. The fraction of sp³-hybridized carbons (Fsp3) is 0.556.